The second kappa shape index (κ2) is 5.93. The molecule has 5 nitrogen and oxygen atoms in total. The SMILES string of the molecule is CCC[C@H](NC(=O)c1ccncc1F)C(=O)O. The van der Waals surface area contributed by atoms with Gasteiger partial charge in [-0.1, -0.05) is 13.3 Å². The average Bonchev–Trinajstić information content (AvgIpc) is 2.28. The van der Waals surface area contributed by atoms with Crippen LogP contribution in [0.4, 0.5) is 4.39 Å². The third-order valence-corrected chi connectivity index (χ3v) is 2.20. The first-order chi connectivity index (χ1) is 8.06. The Morgan fingerprint density at radius 2 is 2.29 bits per heavy atom. The molecule has 0 fully saturated rings. The molecule has 0 saturated carbocycles. The smallest absolute Gasteiger partial charge is 0.326 e. The zero-order valence-corrected chi connectivity index (χ0v) is 9.31. The number of carbonyl (C=O) groups excluding carboxylic acids is 1. The number of halogens is 1. The molecule has 1 amide bonds. The normalized spacial score (nSPS) is 11.9. The summed E-state index contributed by atoms with van der Waals surface area (Å²) in [6.45, 7) is 1.80. The van der Waals surface area contributed by atoms with Gasteiger partial charge in [0.05, 0.1) is 11.8 Å². The van der Waals surface area contributed by atoms with E-state index in [1.165, 1.54) is 12.3 Å². The van der Waals surface area contributed by atoms with Crippen molar-refractivity contribution < 1.29 is 19.1 Å². The van der Waals surface area contributed by atoms with E-state index in [9.17, 15) is 14.0 Å². The van der Waals surface area contributed by atoms with Crippen LogP contribution in [0.2, 0.25) is 0 Å². The zero-order chi connectivity index (χ0) is 12.8. The summed E-state index contributed by atoms with van der Waals surface area (Å²) in [5, 5.41) is 11.1. The summed E-state index contributed by atoms with van der Waals surface area (Å²) in [7, 11) is 0. The van der Waals surface area contributed by atoms with Gasteiger partial charge in [-0.05, 0) is 12.5 Å². The van der Waals surface area contributed by atoms with Gasteiger partial charge in [-0.3, -0.25) is 9.78 Å². The van der Waals surface area contributed by atoms with E-state index in [1.54, 1.807) is 6.92 Å². The lowest BCUT2D eigenvalue weighted by molar-refractivity contribution is -0.139. The van der Waals surface area contributed by atoms with E-state index in [-0.39, 0.29) is 5.56 Å². The van der Waals surface area contributed by atoms with Crippen LogP contribution < -0.4 is 5.32 Å². The molecule has 1 atom stereocenters. The van der Waals surface area contributed by atoms with Crippen molar-refractivity contribution in [2.24, 2.45) is 0 Å². The Morgan fingerprint density at radius 1 is 1.59 bits per heavy atom. The maximum absolute atomic E-state index is 13.2. The van der Waals surface area contributed by atoms with Crippen molar-refractivity contribution in [2.45, 2.75) is 25.8 Å². The zero-order valence-electron chi connectivity index (χ0n) is 9.31. The number of aromatic nitrogens is 1. The Morgan fingerprint density at radius 3 is 2.82 bits per heavy atom. The summed E-state index contributed by atoms with van der Waals surface area (Å²) in [5.41, 5.74) is -0.206. The van der Waals surface area contributed by atoms with Gasteiger partial charge in [0, 0.05) is 6.20 Å². The summed E-state index contributed by atoms with van der Waals surface area (Å²) in [6, 6.07) is 0.204. The van der Waals surface area contributed by atoms with Crippen molar-refractivity contribution in [1.82, 2.24) is 10.3 Å². The van der Waals surface area contributed by atoms with Gasteiger partial charge in [-0.25, -0.2) is 9.18 Å². The summed E-state index contributed by atoms with van der Waals surface area (Å²) >= 11 is 0. The van der Waals surface area contributed by atoms with Crippen molar-refractivity contribution in [1.29, 1.82) is 0 Å². The van der Waals surface area contributed by atoms with Crippen LogP contribution in [0.3, 0.4) is 0 Å². The molecule has 0 unspecified atom stereocenters. The number of amides is 1. The van der Waals surface area contributed by atoms with Gasteiger partial charge in [-0.2, -0.15) is 0 Å². The third-order valence-electron chi connectivity index (χ3n) is 2.20. The summed E-state index contributed by atoms with van der Waals surface area (Å²) in [5.74, 6) is -2.65. The fourth-order valence-electron chi connectivity index (χ4n) is 1.34. The lowest BCUT2D eigenvalue weighted by atomic mass is 10.1. The van der Waals surface area contributed by atoms with Crippen LogP contribution in [0.5, 0.6) is 0 Å². The Kier molecular flexibility index (Phi) is 4.56. The van der Waals surface area contributed by atoms with Crippen LogP contribution in [-0.4, -0.2) is 28.0 Å². The molecular weight excluding hydrogens is 227 g/mol. The summed E-state index contributed by atoms with van der Waals surface area (Å²) < 4.78 is 13.2. The topological polar surface area (TPSA) is 79.3 Å². The fraction of sp³-hybridized carbons (Fsp3) is 0.364. The molecule has 0 saturated heterocycles. The molecule has 6 heteroatoms. The number of nitrogens with zero attached hydrogens (tertiary/aromatic N) is 1. The molecule has 0 aromatic carbocycles. The highest BCUT2D eigenvalue weighted by molar-refractivity contribution is 5.96. The quantitative estimate of drug-likeness (QED) is 0.810. The molecule has 1 heterocycles. The highest BCUT2D eigenvalue weighted by Crippen LogP contribution is 2.06. The number of carboxylic acid groups (broad SMARTS) is 1. The maximum Gasteiger partial charge on any atom is 0.326 e. The lowest BCUT2D eigenvalue weighted by Gasteiger charge is -2.13. The largest absolute Gasteiger partial charge is 0.480 e. The van der Waals surface area contributed by atoms with Gasteiger partial charge in [0.2, 0.25) is 0 Å². The van der Waals surface area contributed by atoms with E-state index in [0.717, 1.165) is 6.20 Å². The second-order valence-corrected chi connectivity index (χ2v) is 3.51. The van der Waals surface area contributed by atoms with E-state index < -0.39 is 23.7 Å². The Hall–Kier alpha value is -1.98. The van der Waals surface area contributed by atoms with Gasteiger partial charge in [-0.15, -0.1) is 0 Å². The van der Waals surface area contributed by atoms with E-state index in [1.807, 2.05) is 0 Å². The van der Waals surface area contributed by atoms with Gasteiger partial charge in [0.25, 0.3) is 5.91 Å². The minimum Gasteiger partial charge on any atom is -0.480 e. The molecule has 1 aromatic heterocycles. The molecular formula is C11H13FN2O3. The number of pyridine rings is 1. The first-order valence-corrected chi connectivity index (χ1v) is 5.19. The Bertz CT molecular complexity index is 423. The molecule has 0 aliphatic rings. The van der Waals surface area contributed by atoms with Crippen molar-refractivity contribution in [2.75, 3.05) is 0 Å². The molecule has 92 valence electrons. The van der Waals surface area contributed by atoms with Crippen LogP contribution >= 0.6 is 0 Å². The van der Waals surface area contributed by atoms with E-state index in [0.29, 0.717) is 12.8 Å². The number of aliphatic carboxylic acids is 1. The van der Waals surface area contributed by atoms with Gasteiger partial charge in [0.15, 0.2) is 5.82 Å². The minimum absolute atomic E-state index is 0.206. The van der Waals surface area contributed by atoms with Crippen LogP contribution in [-0.2, 0) is 4.79 Å². The molecule has 1 rings (SSSR count). The molecule has 1 aromatic rings. The number of carbonyl (C=O) groups is 2. The fourth-order valence-corrected chi connectivity index (χ4v) is 1.34. The lowest BCUT2D eigenvalue weighted by Crippen LogP contribution is -2.40. The molecule has 0 spiro atoms. The number of rotatable bonds is 5. The summed E-state index contributed by atoms with van der Waals surface area (Å²) in [4.78, 5) is 25.9. The molecule has 0 aliphatic heterocycles. The summed E-state index contributed by atoms with van der Waals surface area (Å²) in [6.07, 6.45) is 3.09. The standard InChI is InChI=1S/C11H13FN2O3/c1-2-3-9(11(16)17)14-10(15)7-4-5-13-6-8(7)12/h4-6,9H,2-3H2,1H3,(H,14,15)(H,16,17)/t9-/m0/s1. The van der Waals surface area contributed by atoms with Crippen LogP contribution in [0.1, 0.15) is 30.1 Å². The first kappa shape index (κ1) is 13.1. The van der Waals surface area contributed by atoms with Crippen LogP contribution in [0.15, 0.2) is 18.5 Å². The molecule has 0 aliphatic carbocycles. The minimum atomic E-state index is -1.13. The van der Waals surface area contributed by atoms with Crippen LogP contribution in [0, 0.1) is 5.82 Å². The van der Waals surface area contributed by atoms with Crippen LogP contribution in [0.25, 0.3) is 0 Å². The highest BCUT2D eigenvalue weighted by atomic mass is 19.1. The Balaban J connectivity index is 2.77. The van der Waals surface area contributed by atoms with E-state index in [2.05, 4.69) is 10.3 Å². The third kappa shape index (κ3) is 3.51. The van der Waals surface area contributed by atoms with Gasteiger partial charge in [0.1, 0.15) is 6.04 Å². The molecule has 0 bridgehead atoms. The number of hydrogen-bond donors (Lipinski definition) is 2. The second-order valence-electron chi connectivity index (χ2n) is 3.51. The van der Waals surface area contributed by atoms with E-state index >= 15 is 0 Å². The molecule has 17 heavy (non-hydrogen) atoms. The van der Waals surface area contributed by atoms with Crippen molar-refractivity contribution in [3.8, 4) is 0 Å². The number of carboxylic acids is 1. The van der Waals surface area contributed by atoms with Crippen molar-refractivity contribution in [3.05, 3.63) is 29.8 Å². The predicted molar refractivity (Wildman–Crippen MR) is 58.0 cm³/mol. The number of hydrogen-bond acceptors (Lipinski definition) is 3. The monoisotopic (exact) mass is 240 g/mol. The van der Waals surface area contributed by atoms with Crippen molar-refractivity contribution in [3.63, 3.8) is 0 Å². The highest BCUT2D eigenvalue weighted by Gasteiger charge is 2.21. The van der Waals surface area contributed by atoms with Gasteiger partial charge >= 0.3 is 5.97 Å². The average molecular weight is 240 g/mol. The maximum atomic E-state index is 13.2. The molecule has 0 radical (unpaired) electrons. The van der Waals surface area contributed by atoms with Crippen molar-refractivity contribution >= 4 is 11.9 Å². The van der Waals surface area contributed by atoms with Gasteiger partial charge < -0.3 is 10.4 Å². The number of nitrogens with one attached hydrogen (secondary N) is 1. The molecule has 2 N–H and O–H groups in total. The Labute approximate surface area is 97.7 Å². The van der Waals surface area contributed by atoms with E-state index in [4.69, 9.17) is 5.11 Å². The predicted octanol–water partition coefficient (Wildman–Crippen LogP) is 1.20. The first-order valence-electron chi connectivity index (χ1n) is 5.19.